The molecule has 0 heterocycles. The van der Waals surface area contributed by atoms with Crippen LogP contribution in [0.2, 0.25) is 0 Å². The number of carbonyl (C=O) groups is 1. The first-order valence-electron chi connectivity index (χ1n) is 4.27. The molecule has 1 aromatic carbocycles. The Labute approximate surface area is 91.3 Å². The molecule has 0 saturated carbocycles. The number of rotatable bonds is 2. The molecule has 1 rings (SSSR count). The molecule has 0 bridgehead atoms. The molecule has 0 aliphatic carbocycles. The van der Waals surface area contributed by atoms with Crippen molar-refractivity contribution < 1.29 is 9.90 Å². The molecule has 0 aliphatic heterocycles. The summed E-state index contributed by atoms with van der Waals surface area (Å²) in [6, 6.07) is 4.24. The first-order valence-corrected chi connectivity index (χ1v) is 4.27. The predicted octanol–water partition coefficient (Wildman–Crippen LogP) is 1.15. The lowest BCUT2D eigenvalue weighted by molar-refractivity contribution is 0.0997. The largest absolute Gasteiger partial charge is 0.507 e. The zero-order chi connectivity index (χ0) is 12.0. The van der Waals surface area contributed by atoms with Gasteiger partial charge in [-0.2, -0.15) is 0 Å². The zero-order valence-electron chi connectivity index (χ0n) is 8.21. The highest BCUT2D eigenvalue weighted by Crippen LogP contribution is 2.17. The number of nitrogens with two attached hydrogens (primary N) is 1. The summed E-state index contributed by atoms with van der Waals surface area (Å²) in [7, 11) is 0. The molecule has 1 aromatic rings. The molecule has 0 fully saturated rings. The Balaban J connectivity index is 2.97. The Hall–Kier alpha value is -2.64. The number of azide groups is 1. The maximum atomic E-state index is 10.9. The minimum atomic E-state index is -0.726. The quantitative estimate of drug-likeness (QED) is 0.334. The molecule has 80 valence electrons. The molecule has 0 aliphatic rings. The van der Waals surface area contributed by atoms with E-state index in [-0.39, 0.29) is 17.9 Å². The molecule has 0 radical (unpaired) electrons. The molecule has 6 heteroatoms. The molecule has 0 aromatic heterocycles. The normalized spacial score (nSPS) is 8.50. The highest BCUT2D eigenvalue weighted by Gasteiger charge is 2.06. The second-order valence-electron chi connectivity index (χ2n) is 2.79. The van der Waals surface area contributed by atoms with E-state index in [0.717, 1.165) is 0 Å². The van der Waals surface area contributed by atoms with Crippen molar-refractivity contribution in [3.8, 4) is 17.6 Å². The number of nitrogens with zero attached hydrogens (tertiary/aromatic N) is 3. The van der Waals surface area contributed by atoms with Gasteiger partial charge in [0.1, 0.15) is 5.75 Å². The lowest BCUT2D eigenvalue weighted by Crippen LogP contribution is -2.11. The Morgan fingerprint density at radius 1 is 1.62 bits per heavy atom. The maximum Gasteiger partial charge on any atom is 0.252 e. The fourth-order valence-corrected chi connectivity index (χ4v) is 1.02. The van der Waals surface area contributed by atoms with Crippen LogP contribution in [0, 0.1) is 11.8 Å². The molecule has 0 atom stereocenters. The summed E-state index contributed by atoms with van der Waals surface area (Å²) in [6.45, 7) is 0.0449. The molecule has 3 N–H and O–H groups in total. The van der Waals surface area contributed by atoms with E-state index in [1.165, 1.54) is 18.2 Å². The van der Waals surface area contributed by atoms with Crippen LogP contribution < -0.4 is 5.73 Å². The van der Waals surface area contributed by atoms with Crippen LogP contribution in [0.25, 0.3) is 10.4 Å². The number of hydrogen-bond acceptors (Lipinski definition) is 3. The van der Waals surface area contributed by atoms with Crippen LogP contribution in [0.5, 0.6) is 5.75 Å². The van der Waals surface area contributed by atoms with Gasteiger partial charge in [-0.15, -0.1) is 0 Å². The van der Waals surface area contributed by atoms with Gasteiger partial charge >= 0.3 is 0 Å². The maximum absolute atomic E-state index is 10.9. The van der Waals surface area contributed by atoms with Gasteiger partial charge in [0.25, 0.3) is 5.91 Å². The number of amides is 1. The fraction of sp³-hybridized carbons (Fsp3) is 0.100. The summed E-state index contributed by atoms with van der Waals surface area (Å²) in [5.74, 6) is 4.34. The lowest BCUT2D eigenvalue weighted by atomic mass is 10.1. The number of carbonyl (C=O) groups excluding carboxylic acids is 1. The third kappa shape index (κ3) is 2.94. The predicted molar refractivity (Wildman–Crippen MR) is 57.5 cm³/mol. The molecular weight excluding hydrogens is 208 g/mol. The molecule has 6 nitrogen and oxygen atoms in total. The second kappa shape index (κ2) is 5.29. The summed E-state index contributed by atoms with van der Waals surface area (Å²) < 4.78 is 0. The van der Waals surface area contributed by atoms with Crippen molar-refractivity contribution in [3.05, 3.63) is 39.8 Å². The summed E-state index contributed by atoms with van der Waals surface area (Å²) >= 11 is 0. The second-order valence-corrected chi connectivity index (χ2v) is 2.79. The third-order valence-corrected chi connectivity index (χ3v) is 1.71. The molecule has 0 spiro atoms. The van der Waals surface area contributed by atoms with Gasteiger partial charge in [-0.3, -0.25) is 4.79 Å². The van der Waals surface area contributed by atoms with E-state index in [9.17, 15) is 9.90 Å². The molecule has 0 saturated heterocycles. The van der Waals surface area contributed by atoms with Crippen LogP contribution in [0.3, 0.4) is 0 Å². The van der Waals surface area contributed by atoms with Gasteiger partial charge in [-0.05, 0) is 23.7 Å². The van der Waals surface area contributed by atoms with Gasteiger partial charge in [0.2, 0.25) is 0 Å². The van der Waals surface area contributed by atoms with Gasteiger partial charge in [-0.1, -0.05) is 17.0 Å². The van der Waals surface area contributed by atoms with Crippen LogP contribution in [0.15, 0.2) is 23.3 Å². The van der Waals surface area contributed by atoms with Crippen LogP contribution in [0.4, 0.5) is 0 Å². The number of primary amides is 1. The minimum absolute atomic E-state index is 0.00980. The van der Waals surface area contributed by atoms with Crippen molar-refractivity contribution in [3.63, 3.8) is 0 Å². The number of hydrogen-bond donors (Lipinski definition) is 2. The average Bonchev–Trinajstić information content (AvgIpc) is 2.26. The fourth-order valence-electron chi connectivity index (χ4n) is 1.02. The van der Waals surface area contributed by atoms with Crippen LogP contribution in [-0.2, 0) is 0 Å². The van der Waals surface area contributed by atoms with Crippen LogP contribution in [-0.4, -0.2) is 17.6 Å². The van der Waals surface area contributed by atoms with Crippen molar-refractivity contribution >= 4 is 5.91 Å². The minimum Gasteiger partial charge on any atom is -0.507 e. The topological polar surface area (TPSA) is 112 Å². The molecule has 0 unspecified atom stereocenters. The van der Waals surface area contributed by atoms with Crippen molar-refractivity contribution in [1.29, 1.82) is 0 Å². The monoisotopic (exact) mass is 216 g/mol. The van der Waals surface area contributed by atoms with Gasteiger partial charge < -0.3 is 10.8 Å². The zero-order valence-corrected chi connectivity index (χ0v) is 8.21. The number of phenols is 1. The van der Waals surface area contributed by atoms with Crippen molar-refractivity contribution in [2.75, 3.05) is 6.54 Å². The van der Waals surface area contributed by atoms with Gasteiger partial charge in [0.15, 0.2) is 0 Å². The Morgan fingerprint density at radius 3 is 3.00 bits per heavy atom. The van der Waals surface area contributed by atoms with E-state index < -0.39 is 5.91 Å². The van der Waals surface area contributed by atoms with E-state index in [2.05, 4.69) is 21.9 Å². The standard InChI is InChI=1S/C10H8N4O2/c11-10(16)8-6-7(3-4-9(8)15)2-1-5-13-14-12/h3-4,6,15H,5H2,(H2,11,16). The average molecular weight is 216 g/mol. The Bertz CT molecular complexity index is 521. The van der Waals surface area contributed by atoms with E-state index in [1.54, 1.807) is 0 Å². The first kappa shape index (κ1) is 11.4. The highest BCUT2D eigenvalue weighted by molar-refractivity contribution is 5.95. The van der Waals surface area contributed by atoms with Gasteiger partial charge in [-0.25, -0.2) is 0 Å². The number of aromatic hydroxyl groups is 1. The molecule has 16 heavy (non-hydrogen) atoms. The van der Waals surface area contributed by atoms with Gasteiger partial charge in [0, 0.05) is 10.5 Å². The van der Waals surface area contributed by atoms with Gasteiger partial charge in [0.05, 0.1) is 12.1 Å². The number of benzene rings is 1. The van der Waals surface area contributed by atoms with Crippen molar-refractivity contribution in [2.24, 2.45) is 10.8 Å². The van der Waals surface area contributed by atoms with E-state index in [1.807, 2.05) is 0 Å². The van der Waals surface area contributed by atoms with E-state index >= 15 is 0 Å². The van der Waals surface area contributed by atoms with Crippen molar-refractivity contribution in [1.82, 2.24) is 0 Å². The summed E-state index contributed by atoms with van der Waals surface area (Å²) in [6.07, 6.45) is 0. The van der Waals surface area contributed by atoms with Crippen LogP contribution >= 0.6 is 0 Å². The van der Waals surface area contributed by atoms with Crippen molar-refractivity contribution in [2.45, 2.75) is 0 Å². The van der Waals surface area contributed by atoms with E-state index in [4.69, 9.17) is 11.3 Å². The SMILES string of the molecule is [N-]=[N+]=NCC#Cc1ccc(O)c(C(N)=O)c1. The summed E-state index contributed by atoms with van der Waals surface area (Å²) in [4.78, 5) is 13.4. The smallest absolute Gasteiger partial charge is 0.252 e. The molecule has 1 amide bonds. The summed E-state index contributed by atoms with van der Waals surface area (Å²) in [5, 5.41) is 12.5. The molecular formula is C10H8N4O2. The van der Waals surface area contributed by atoms with E-state index in [0.29, 0.717) is 5.56 Å². The van der Waals surface area contributed by atoms with Crippen LogP contribution in [0.1, 0.15) is 15.9 Å². The highest BCUT2D eigenvalue weighted by atomic mass is 16.3. The first-order chi connectivity index (χ1) is 7.65. The lowest BCUT2D eigenvalue weighted by Gasteiger charge is -1.99. The third-order valence-electron chi connectivity index (χ3n) is 1.71. The Morgan fingerprint density at radius 2 is 2.38 bits per heavy atom. The Kier molecular flexibility index (Phi) is 3.78. The summed E-state index contributed by atoms with van der Waals surface area (Å²) in [5.41, 5.74) is 13.6.